The maximum absolute atomic E-state index is 13.0. The molecule has 1 N–H and O–H groups in total. The van der Waals surface area contributed by atoms with Crippen molar-refractivity contribution in [3.8, 4) is 6.07 Å². The zero-order valence-corrected chi connectivity index (χ0v) is 15.3. The van der Waals surface area contributed by atoms with Gasteiger partial charge in [0.1, 0.15) is 17.4 Å². The highest BCUT2D eigenvalue weighted by Crippen LogP contribution is 2.23. The van der Waals surface area contributed by atoms with Crippen molar-refractivity contribution in [2.75, 3.05) is 13.1 Å². The number of amides is 1. The summed E-state index contributed by atoms with van der Waals surface area (Å²) in [4.78, 5) is 29.0. The van der Waals surface area contributed by atoms with Gasteiger partial charge in [-0.3, -0.25) is 9.59 Å². The lowest BCUT2D eigenvalue weighted by molar-refractivity contribution is 0.0667. The predicted molar refractivity (Wildman–Crippen MR) is 99.9 cm³/mol. The molecule has 0 bridgehead atoms. The van der Waals surface area contributed by atoms with Gasteiger partial charge < -0.3 is 9.88 Å². The van der Waals surface area contributed by atoms with Crippen molar-refractivity contribution in [2.45, 2.75) is 32.6 Å². The average Bonchev–Trinajstić information content (AvgIpc) is 2.67. The Hall–Kier alpha value is -2.94. The number of hydrogen-bond donors (Lipinski definition) is 1. The number of rotatable bonds is 4. The predicted octanol–water partition coefficient (Wildman–Crippen LogP) is 3.18. The van der Waals surface area contributed by atoms with Crippen molar-refractivity contribution in [3.05, 3.63) is 68.9 Å². The smallest absolute Gasteiger partial charge is 0.266 e. The van der Waals surface area contributed by atoms with Crippen molar-refractivity contribution < 1.29 is 9.18 Å². The molecule has 0 saturated carbocycles. The zero-order chi connectivity index (χ0) is 19.4. The van der Waals surface area contributed by atoms with Gasteiger partial charge in [0.05, 0.1) is 5.56 Å². The number of pyridine rings is 1. The van der Waals surface area contributed by atoms with E-state index in [0.29, 0.717) is 30.3 Å². The number of nitrogens with one attached hydrogen (secondary N) is 1. The number of halogens is 1. The van der Waals surface area contributed by atoms with E-state index >= 15 is 0 Å². The van der Waals surface area contributed by atoms with Gasteiger partial charge in [-0.15, -0.1) is 0 Å². The number of aryl methyl sites for hydroxylation is 2. The van der Waals surface area contributed by atoms with Crippen molar-refractivity contribution in [2.24, 2.45) is 5.92 Å². The van der Waals surface area contributed by atoms with Crippen LogP contribution in [-0.4, -0.2) is 28.9 Å². The summed E-state index contributed by atoms with van der Waals surface area (Å²) in [5.41, 5.74) is 1.44. The third kappa shape index (κ3) is 4.43. The molecule has 2 heterocycles. The number of aromatic amines is 1. The topological polar surface area (TPSA) is 77.0 Å². The maximum Gasteiger partial charge on any atom is 0.266 e. The van der Waals surface area contributed by atoms with Crippen LogP contribution in [0.15, 0.2) is 35.1 Å². The van der Waals surface area contributed by atoms with Gasteiger partial charge in [-0.05, 0) is 62.3 Å². The van der Waals surface area contributed by atoms with Crippen molar-refractivity contribution >= 4 is 5.91 Å². The van der Waals surface area contributed by atoms with Gasteiger partial charge in [0.25, 0.3) is 11.5 Å². The molecule has 3 rings (SSSR count). The Labute approximate surface area is 157 Å². The molecule has 1 aromatic heterocycles. The minimum absolute atomic E-state index is 0.0474. The summed E-state index contributed by atoms with van der Waals surface area (Å²) >= 11 is 0. The first-order valence-electron chi connectivity index (χ1n) is 9.15. The second kappa shape index (κ2) is 8.17. The van der Waals surface area contributed by atoms with Gasteiger partial charge in [-0.2, -0.15) is 5.26 Å². The number of benzene rings is 1. The number of nitrogens with zero attached hydrogens (tertiary/aromatic N) is 2. The molecule has 1 amide bonds. The minimum Gasteiger partial charge on any atom is -0.338 e. The van der Waals surface area contributed by atoms with Gasteiger partial charge in [0.15, 0.2) is 0 Å². The van der Waals surface area contributed by atoms with Crippen molar-refractivity contribution in [1.82, 2.24) is 9.88 Å². The van der Waals surface area contributed by atoms with E-state index in [4.69, 9.17) is 5.26 Å². The molecule has 1 saturated heterocycles. The highest BCUT2D eigenvalue weighted by molar-refractivity contribution is 5.95. The molecule has 1 aliphatic rings. The third-order valence-corrected chi connectivity index (χ3v) is 5.15. The molecule has 2 aromatic rings. The van der Waals surface area contributed by atoms with E-state index in [1.807, 2.05) is 6.07 Å². The Balaban J connectivity index is 1.67. The van der Waals surface area contributed by atoms with Crippen LogP contribution in [0.1, 0.15) is 46.4 Å². The quantitative estimate of drug-likeness (QED) is 0.902. The number of piperidine rings is 1. The molecule has 0 radical (unpaired) electrons. The lowest BCUT2D eigenvalue weighted by Crippen LogP contribution is -2.40. The van der Waals surface area contributed by atoms with Crippen LogP contribution in [0.2, 0.25) is 0 Å². The maximum atomic E-state index is 13.0. The number of nitriles is 1. The summed E-state index contributed by atoms with van der Waals surface area (Å²) < 4.78 is 13.0. The van der Waals surface area contributed by atoms with Crippen LogP contribution in [0.5, 0.6) is 0 Å². The van der Waals surface area contributed by atoms with Crippen LogP contribution in [0, 0.1) is 30.0 Å². The van der Waals surface area contributed by atoms with Crippen molar-refractivity contribution in [3.63, 3.8) is 0 Å². The summed E-state index contributed by atoms with van der Waals surface area (Å²) in [5, 5.41) is 9.04. The number of H-pyrrole nitrogens is 1. The molecule has 27 heavy (non-hydrogen) atoms. The average molecular weight is 367 g/mol. The lowest BCUT2D eigenvalue weighted by Gasteiger charge is -2.33. The lowest BCUT2D eigenvalue weighted by atomic mass is 9.91. The molecule has 1 atom stereocenters. The van der Waals surface area contributed by atoms with Crippen LogP contribution >= 0.6 is 0 Å². The van der Waals surface area contributed by atoms with E-state index in [1.54, 1.807) is 24.0 Å². The molecule has 1 aromatic carbocycles. The first-order valence-corrected chi connectivity index (χ1v) is 9.15. The van der Waals surface area contributed by atoms with Crippen LogP contribution < -0.4 is 5.56 Å². The first kappa shape index (κ1) is 18.8. The Morgan fingerprint density at radius 2 is 2.11 bits per heavy atom. The molecular formula is C21H22FN3O2. The van der Waals surface area contributed by atoms with Crippen LogP contribution in [0.3, 0.4) is 0 Å². The Morgan fingerprint density at radius 1 is 1.37 bits per heavy atom. The Morgan fingerprint density at radius 3 is 2.81 bits per heavy atom. The van der Waals surface area contributed by atoms with E-state index in [1.165, 1.54) is 18.2 Å². The summed E-state index contributed by atoms with van der Waals surface area (Å²) in [6.07, 6.45) is 3.76. The summed E-state index contributed by atoms with van der Waals surface area (Å²) in [5.74, 6) is -0.000751. The van der Waals surface area contributed by atoms with Gasteiger partial charge in [-0.25, -0.2) is 4.39 Å². The fraction of sp³-hybridized carbons (Fsp3) is 0.381. The SMILES string of the molecule is Cc1[nH]c(=O)c(C#N)cc1C(=O)N1CCCC(CCc2ccc(F)cc2)C1. The van der Waals surface area contributed by atoms with E-state index in [0.717, 1.165) is 31.2 Å². The van der Waals surface area contributed by atoms with Gasteiger partial charge in [-0.1, -0.05) is 12.1 Å². The molecule has 6 heteroatoms. The molecule has 140 valence electrons. The molecule has 5 nitrogen and oxygen atoms in total. The molecule has 0 aliphatic carbocycles. The number of likely N-dealkylation sites (tertiary alicyclic amines) is 1. The van der Waals surface area contributed by atoms with E-state index in [9.17, 15) is 14.0 Å². The van der Waals surface area contributed by atoms with E-state index < -0.39 is 5.56 Å². The fourth-order valence-electron chi connectivity index (χ4n) is 3.61. The number of hydrogen-bond acceptors (Lipinski definition) is 3. The van der Waals surface area contributed by atoms with E-state index in [-0.39, 0.29) is 17.3 Å². The largest absolute Gasteiger partial charge is 0.338 e. The van der Waals surface area contributed by atoms with Crippen LogP contribution in [0.4, 0.5) is 4.39 Å². The fourth-order valence-corrected chi connectivity index (χ4v) is 3.61. The monoisotopic (exact) mass is 367 g/mol. The Bertz CT molecular complexity index is 928. The molecule has 1 aliphatic heterocycles. The molecule has 1 unspecified atom stereocenters. The summed E-state index contributed by atoms with van der Waals surface area (Å²) in [6.45, 7) is 3.00. The summed E-state index contributed by atoms with van der Waals surface area (Å²) in [6, 6.07) is 9.76. The van der Waals surface area contributed by atoms with E-state index in [2.05, 4.69) is 4.98 Å². The molecular weight excluding hydrogens is 345 g/mol. The number of carbonyl (C=O) groups excluding carboxylic acids is 1. The van der Waals surface area contributed by atoms with Gasteiger partial charge >= 0.3 is 0 Å². The number of aromatic nitrogens is 1. The van der Waals surface area contributed by atoms with Gasteiger partial charge in [0.2, 0.25) is 0 Å². The number of carbonyl (C=O) groups is 1. The highest BCUT2D eigenvalue weighted by Gasteiger charge is 2.26. The minimum atomic E-state index is -0.470. The molecule has 1 fully saturated rings. The zero-order valence-electron chi connectivity index (χ0n) is 15.3. The summed E-state index contributed by atoms with van der Waals surface area (Å²) in [7, 11) is 0. The standard InChI is InChI=1S/C21H22FN3O2/c1-14-19(11-17(12-23)20(26)24-14)21(27)25-10-2-3-16(13-25)5-4-15-6-8-18(22)9-7-15/h6-9,11,16H,2-5,10,13H2,1H3,(H,24,26). The normalized spacial score (nSPS) is 16.8. The van der Waals surface area contributed by atoms with Gasteiger partial charge in [0, 0.05) is 18.8 Å². The Kier molecular flexibility index (Phi) is 5.70. The van der Waals surface area contributed by atoms with Crippen LogP contribution in [-0.2, 0) is 6.42 Å². The molecule has 0 spiro atoms. The second-order valence-corrected chi connectivity index (χ2v) is 7.09. The highest BCUT2D eigenvalue weighted by atomic mass is 19.1. The van der Waals surface area contributed by atoms with Crippen LogP contribution in [0.25, 0.3) is 0 Å². The third-order valence-electron chi connectivity index (χ3n) is 5.15. The first-order chi connectivity index (χ1) is 13.0. The van der Waals surface area contributed by atoms with Crippen molar-refractivity contribution in [1.29, 1.82) is 5.26 Å². The second-order valence-electron chi connectivity index (χ2n) is 7.09.